The molecule has 5 atom stereocenters. The molecule has 1 aliphatic heterocycles. The molecule has 0 radical (unpaired) electrons. The van der Waals surface area contributed by atoms with Crippen molar-refractivity contribution in [1.82, 2.24) is 0 Å². The number of rotatable bonds is 8. The van der Waals surface area contributed by atoms with Gasteiger partial charge < -0.3 is 13.9 Å². The van der Waals surface area contributed by atoms with Gasteiger partial charge in [-0.1, -0.05) is 36.4 Å². The Morgan fingerprint density at radius 2 is 1.55 bits per heavy atom. The molecule has 220 valence electrons. The number of Topliss-reactive ketones (excluding diaryl/α,β-unsaturated/α-hetero) is 1. The van der Waals surface area contributed by atoms with Gasteiger partial charge >= 0.3 is 11.9 Å². The van der Waals surface area contributed by atoms with Crippen molar-refractivity contribution in [3.8, 4) is 5.75 Å². The number of hydrogen-bond donors (Lipinski definition) is 0. The van der Waals surface area contributed by atoms with Gasteiger partial charge in [0.25, 0.3) is 0 Å². The Hall–Kier alpha value is -5.31. The first-order valence-electron chi connectivity index (χ1n) is 14.5. The van der Waals surface area contributed by atoms with Crippen molar-refractivity contribution in [3.05, 3.63) is 120 Å². The van der Waals surface area contributed by atoms with Crippen LogP contribution in [0, 0.1) is 23.7 Å². The first-order chi connectivity index (χ1) is 21.4. The number of carbonyl (C=O) groups excluding carboxylic acids is 5. The highest BCUT2D eigenvalue weighted by Gasteiger charge is 2.64. The van der Waals surface area contributed by atoms with E-state index in [0.717, 1.165) is 12.8 Å². The van der Waals surface area contributed by atoms with Gasteiger partial charge in [-0.05, 0) is 90.8 Å². The number of fused-ring (bicyclic) bond motifs is 5. The summed E-state index contributed by atoms with van der Waals surface area (Å²) in [4.78, 5) is 66.0. The fourth-order valence-corrected chi connectivity index (χ4v) is 7.13. The second-order valence-electron chi connectivity index (χ2n) is 11.4. The standard InChI is InChI=1S/C35H27NO8/c37-28(21-11-13-25(14-12-21)44-35(41)29-10-5-15-42-29)19-43-34(40)22-8-4-9-24(16-22)36-32(38)30-23-17-26(20-6-2-1-3-7-20)27(18-23)31(30)33(36)39/h1-16,23,26-27,30-31H,17-19H2/t23-,26+,27-,30+,31+/m1/s1. The molecule has 1 saturated heterocycles. The normalized spacial score (nSPS) is 23.5. The quantitative estimate of drug-likeness (QED) is 0.115. The number of furan rings is 1. The summed E-state index contributed by atoms with van der Waals surface area (Å²) in [5, 5.41) is 0. The first kappa shape index (κ1) is 27.5. The molecule has 9 heteroatoms. The van der Waals surface area contributed by atoms with Gasteiger partial charge in [-0.15, -0.1) is 0 Å². The van der Waals surface area contributed by atoms with Crippen molar-refractivity contribution >= 4 is 35.2 Å². The zero-order chi connectivity index (χ0) is 30.4. The van der Waals surface area contributed by atoms with Crippen LogP contribution in [0.2, 0.25) is 0 Å². The highest BCUT2D eigenvalue weighted by atomic mass is 16.5. The molecule has 3 aliphatic rings. The Morgan fingerprint density at radius 1 is 0.773 bits per heavy atom. The molecular weight excluding hydrogens is 562 g/mol. The number of benzene rings is 3. The average Bonchev–Trinajstić information content (AvgIpc) is 3.85. The number of imide groups is 1. The lowest BCUT2D eigenvalue weighted by Gasteiger charge is -2.28. The summed E-state index contributed by atoms with van der Waals surface area (Å²) in [6, 6.07) is 25.2. The predicted octanol–water partition coefficient (Wildman–Crippen LogP) is 5.47. The van der Waals surface area contributed by atoms with Crippen LogP contribution in [0.3, 0.4) is 0 Å². The van der Waals surface area contributed by atoms with Crippen molar-refractivity contribution in [1.29, 1.82) is 0 Å². The zero-order valence-corrected chi connectivity index (χ0v) is 23.5. The van der Waals surface area contributed by atoms with Crippen LogP contribution < -0.4 is 9.64 Å². The molecule has 3 aromatic carbocycles. The van der Waals surface area contributed by atoms with Crippen molar-refractivity contribution < 1.29 is 37.9 Å². The Labute approximate surface area is 252 Å². The fraction of sp³-hybridized carbons (Fsp3) is 0.229. The zero-order valence-electron chi connectivity index (χ0n) is 23.5. The predicted molar refractivity (Wildman–Crippen MR) is 156 cm³/mol. The minimum Gasteiger partial charge on any atom is -0.457 e. The number of amides is 2. The minimum atomic E-state index is -0.757. The largest absolute Gasteiger partial charge is 0.457 e. The van der Waals surface area contributed by atoms with E-state index in [9.17, 15) is 24.0 Å². The number of hydrogen-bond acceptors (Lipinski definition) is 8. The lowest BCUT2D eigenvalue weighted by atomic mass is 9.73. The summed E-state index contributed by atoms with van der Waals surface area (Å²) in [6.45, 7) is -0.523. The minimum absolute atomic E-state index is 0.0475. The maximum Gasteiger partial charge on any atom is 0.379 e. The summed E-state index contributed by atoms with van der Waals surface area (Å²) in [6.07, 6.45) is 3.12. The van der Waals surface area contributed by atoms with E-state index in [1.54, 1.807) is 18.2 Å². The average molecular weight is 590 g/mol. The van der Waals surface area contributed by atoms with Gasteiger partial charge in [0.2, 0.25) is 17.6 Å². The summed E-state index contributed by atoms with van der Waals surface area (Å²) < 4.78 is 15.5. The number of esters is 2. The number of anilines is 1. The summed E-state index contributed by atoms with van der Waals surface area (Å²) in [5.74, 6) is -2.21. The van der Waals surface area contributed by atoms with Crippen LogP contribution in [0.25, 0.3) is 0 Å². The van der Waals surface area contributed by atoms with E-state index >= 15 is 0 Å². The van der Waals surface area contributed by atoms with Gasteiger partial charge in [0.05, 0.1) is 29.3 Å². The molecule has 7 rings (SSSR count). The third-order valence-electron chi connectivity index (χ3n) is 9.03. The number of ketones is 1. The van der Waals surface area contributed by atoms with Crippen LogP contribution in [0.15, 0.2) is 102 Å². The second kappa shape index (κ2) is 11.1. The summed E-state index contributed by atoms with van der Waals surface area (Å²) in [7, 11) is 0. The molecule has 0 unspecified atom stereocenters. The van der Waals surface area contributed by atoms with E-state index in [1.165, 1.54) is 59.2 Å². The van der Waals surface area contributed by atoms with E-state index in [1.807, 2.05) is 18.2 Å². The van der Waals surface area contributed by atoms with E-state index in [4.69, 9.17) is 13.9 Å². The lowest BCUT2D eigenvalue weighted by Crippen LogP contribution is -2.33. The number of ether oxygens (including phenoxy) is 2. The topological polar surface area (TPSA) is 120 Å². The third-order valence-corrected chi connectivity index (χ3v) is 9.03. The molecule has 4 aromatic rings. The van der Waals surface area contributed by atoms with Crippen LogP contribution in [0.5, 0.6) is 5.75 Å². The molecule has 0 spiro atoms. The van der Waals surface area contributed by atoms with Crippen molar-refractivity contribution in [2.24, 2.45) is 23.7 Å². The van der Waals surface area contributed by atoms with E-state index < -0.39 is 24.3 Å². The smallest absolute Gasteiger partial charge is 0.379 e. The Bertz CT molecular complexity index is 1760. The lowest BCUT2D eigenvalue weighted by molar-refractivity contribution is -0.123. The van der Waals surface area contributed by atoms with Crippen LogP contribution >= 0.6 is 0 Å². The molecule has 44 heavy (non-hydrogen) atoms. The number of carbonyl (C=O) groups is 5. The van der Waals surface area contributed by atoms with Crippen LogP contribution in [0.1, 0.15) is 55.6 Å². The monoisotopic (exact) mass is 589 g/mol. The molecule has 9 nitrogen and oxygen atoms in total. The second-order valence-corrected chi connectivity index (χ2v) is 11.4. The molecule has 3 fully saturated rings. The molecule has 2 heterocycles. The Balaban J connectivity index is 0.991. The van der Waals surface area contributed by atoms with Gasteiger partial charge in [-0.2, -0.15) is 0 Å². The third kappa shape index (κ3) is 4.80. The molecule has 2 bridgehead atoms. The van der Waals surface area contributed by atoms with Gasteiger partial charge in [0.1, 0.15) is 5.75 Å². The fourth-order valence-electron chi connectivity index (χ4n) is 7.13. The highest BCUT2D eigenvalue weighted by molar-refractivity contribution is 6.23. The maximum absolute atomic E-state index is 13.7. The van der Waals surface area contributed by atoms with Gasteiger partial charge in [0.15, 0.2) is 12.4 Å². The molecule has 0 N–H and O–H groups in total. The Morgan fingerprint density at radius 3 is 2.30 bits per heavy atom. The summed E-state index contributed by atoms with van der Waals surface area (Å²) >= 11 is 0. The SMILES string of the molecule is O=C(COC(=O)c1cccc(N2C(=O)[C@H]3[C@H]4C[C@@H]([C@@H]3C2=O)[C@H](c2ccccc2)C4)c1)c1ccc(OC(=O)c2ccco2)cc1. The van der Waals surface area contributed by atoms with Crippen LogP contribution in [-0.2, 0) is 14.3 Å². The Kier molecular flexibility index (Phi) is 6.93. The first-order valence-corrected chi connectivity index (χ1v) is 14.5. The molecule has 1 aromatic heterocycles. The molecular formula is C35H27NO8. The number of nitrogens with zero attached hydrogens (tertiary/aromatic N) is 1. The maximum atomic E-state index is 13.7. The van der Waals surface area contributed by atoms with Gasteiger partial charge in [0, 0.05) is 5.56 Å². The van der Waals surface area contributed by atoms with E-state index in [2.05, 4.69) is 12.1 Å². The van der Waals surface area contributed by atoms with E-state index in [-0.39, 0.29) is 64.0 Å². The van der Waals surface area contributed by atoms with Gasteiger partial charge in [-0.25, -0.2) is 9.59 Å². The summed E-state index contributed by atoms with van der Waals surface area (Å²) in [5.41, 5.74) is 1.91. The van der Waals surface area contributed by atoms with E-state index in [0.29, 0.717) is 5.69 Å². The van der Waals surface area contributed by atoms with Crippen LogP contribution in [-0.4, -0.2) is 36.1 Å². The van der Waals surface area contributed by atoms with Crippen molar-refractivity contribution in [3.63, 3.8) is 0 Å². The molecule has 2 amide bonds. The molecule has 2 aliphatic carbocycles. The van der Waals surface area contributed by atoms with Gasteiger partial charge in [-0.3, -0.25) is 19.3 Å². The molecule has 2 saturated carbocycles. The van der Waals surface area contributed by atoms with Crippen molar-refractivity contribution in [2.45, 2.75) is 18.8 Å². The highest BCUT2D eigenvalue weighted by Crippen LogP contribution is 2.61. The van der Waals surface area contributed by atoms with Crippen molar-refractivity contribution in [2.75, 3.05) is 11.5 Å². The van der Waals surface area contributed by atoms with Crippen LogP contribution in [0.4, 0.5) is 5.69 Å².